The lowest BCUT2D eigenvalue weighted by Crippen LogP contribution is -2.51. The van der Waals surface area contributed by atoms with Gasteiger partial charge >= 0.3 is 6.09 Å². The molecule has 10 heteroatoms. The normalized spacial score (nSPS) is 12.9. The van der Waals surface area contributed by atoms with Gasteiger partial charge in [-0.05, 0) is 65.5 Å². The summed E-state index contributed by atoms with van der Waals surface area (Å²) >= 11 is 0. The van der Waals surface area contributed by atoms with E-state index in [0.717, 1.165) is 16.9 Å². The number of aryl methyl sites for hydroxylation is 2. The molecule has 0 aliphatic heterocycles. The second kappa shape index (κ2) is 12.8. The second-order valence-corrected chi connectivity index (χ2v) is 9.53. The summed E-state index contributed by atoms with van der Waals surface area (Å²) in [6.45, 7) is 11.8. The highest BCUT2D eigenvalue weighted by Gasteiger charge is 2.25. The number of carbonyl (C=O) groups excluding carboxylic acids is 2. The molecule has 0 radical (unpaired) electrons. The lowest BCUT2D eigenvalue weighted by molar-refractivity contribution is -0.124. The number of alkyl carbamates (subject to hydrolysis) is 1. The minimum atomic E-state index is -0.795. The Kier molecular flexibility index (Phi) is 10.1. The first kappa shape index (κ1) is 27.7. The fraction of sp³-hybridized carbons (Fsp3) is 0.520. The molecule has 0 aliphatic carbocycles. The molecule has 2 atom stereocenters. The zero-order chi connectivity index (χ0) is 26.0. The number of carbonyl (C=O) groups is 2. The van der Waals surface area contributed by atoms with Gasteiger partial charge in [-0.25, -0.2) is 9.78 Å². The summed E-state index contributed by atoms with van der Waals surface area (Å²) in [5.41, 5.74) is 1.38. The van der Waals surface area contributed by atoms with E-state index in [1.54, 1.807) is 37.7 Å². The van der Waals surface area contributed by atoms with Crippen LogP contribution >= 0.6 is 0 Å². The molecule has 10 nitrogen and oxygen atoms in total. The fourth-order valence-electron chi connectivity index (χ4n) is 3.33. The molecule has 0 saturated carbocycles. The third-order valence-corrected chi connectivity index (χ3v) is 5.01. The number of amides is 2. The first-order valence-corrected chi connectivity index (χ1v) is 11.8. The van der Waals surface area contributed by atoms with Crippen LogP contribution in [0.4, 0.5) is 4.79 Å². The molecule has 0 aliphatic rings. The molecule has 1 aromatic carbocycles. The van der Waals surface area contributed by atoms with E-state index in [4.69, 9.17) is 14.9 Å². The van der Waals surface area contributed by atoms with E-state index in [2.05, 4.69) is 20.9 Å². The molecule has 1 heterocycles. The summed E-state index contributed by atoms with van der Waals surface area (Å²) in [5, 5.41) is 16.6. The monoisotopic (exact) mass is 486 g/mol. The highest BCUT2D eigenvalue weighted by molar-refractivity contribution is 5.85. The van der Waals surface area contributed by atoms with Gasteiger partial charge in [0.05, 0.1) is 6.04 Å². The Balaban J connectivity index is 1.92. The van der Waals surface area contributed by atoms with Gasteiger partial charge in [0.15, 0.2) is 0 Å². The van der Waals surface area contributed by atoms with Gasteiger partial charge in [0.1, 0.15) is 30.3 Å². The molecule has 1 unspecified atom stereocenters. The number of rotatable bonds is 10. The van der Waals surface area contributed by atoms with Crippen molar-refractivity contribution in [3.8, 4) is 5.75 Å². The Labute approximate surface area is 207 Å². The van der Waals surface area contributed by atoms with Crippen LogP contribution in [0.25, 0.3) is 0 Å². The summed E-state index contributed by atoms with van der Waals surface area (Å²) in [6.07, 6.45) is 5.02. The number of nitrogens with zero attached hydrogens (tertiary/aromatic N) is 2. The maximum absolute atomic E-state index is 13.0. The van der Waals surface area contributed by atoms with Gasteiger partial charge in [0.25, 0.3) is 0 Å². The van der Waals surface area contributed by atoms with Crippen molar-refractivity contribution in [3.63, 3.8) is 0 Å². The van der Waals surface area contributed by atoms with Crippen LogP contribution in [-0.2, 0) is 9.53 Å². The Bertz CT molecular complexity index is 964. The third-order valence-electron chi connectivity index (χ3n) is 5.01. The van der Waals surface area contributed by atoms with Crippen molar-refractivity contribution in [3.05, 3.63) is 48.0 Å². The summed E-state index contributed by atoms with van der Waals surface area (Å²) in [4.78, 5) is 29.3. The Morgan fingerprint density at radius 3 is 2.46 bits per heavy atom. The molecule has 1 aromatic heterocycles. The molecule has 4 N–H and O–H groups in total. The highest BCUT2D eigenvalue weighted by Crippen LogP contribution is 2.22. The topological polar surface area (TPSA) is 130 Å². The Hall–Kier alpha value is -3.56. The van der Waals surface area contributed by atoms with Crippen LogP contribution in [0, 0.1) is 19.3 Å². The van der Waals surface area contributed by atoms with Crippen molar-refractivity contribution in [2.24, 2.45) is 0 Å². The number of hydrogen-bond donors (Lipinski definition) is 4. The third kappa shape index (κ3) is 9.68. The molecule has 0 spiro atoms. The first-order valence-electron chi connectivity index (χ1n) is 11.8. The minimum absolute atomic E-state index is 0.181. The number of benzene rings is 1. The zero-order valence-electron chi connectivity index (χ0n) is 21.5. The van der Waals surface area contributed by atoms with Crippen LogP contribution in [0.15, 0.2) is 36.9 Å². The van der Waals surface area contributed by atoms with Gasteiger partial charge in [-0.1, -0.05) is 18.2 Å². The standard InChI is InChI=1S/C25H38N6O4/c1-17-9-7-10-18(2)21(17)34-15-19(3)29-22(32)20(30-24(33)35-25(4,5)6)11-8-12-28-23(26)31-14-13-27-16-31/h7,9-10,13-14,16,19-20H,8,11-12,15H2,1-6H3,(H2,26,28)(H,29,32)(H,30,33)/t19?,20-/m0/s1. The molecule has 0 fully saturated rings. The lowest BCUT2D eigenvalue weighted by Gasteiger charge is -2.25. The number of ether oxygens (including phenoxy) is 2. The van der Waals surface area contributed by atoms with Crippen molar-refractivity contribution in [2.75, 3.05) is 13.2 Å². The largest absolute Gasteiger partial charge is 0.491 e. The molecule has 2 amide bonds. The van der Waals surface area contributed by atoms with E-state index in [1.165, 1.54) is 6.33 Å². The number of nitrogens with one attached hydrogen (secondary N) is 4. The second-order valence-electron chi connectivity index (χ2n) is 9.53. The van der Waals surface area contributed by atoms with Gasteiger partial charge < -0.3 is 25.4 Å². The number of para-hydroxylation sites is 1. The quantitative estimate of drug-likeness (QED) is 0.232. The first-order chi connectivity index (χ1) is 16.5. The van der Waals surface area contributed by atoms with Crippen molar-refractivity contribution in [1.82, 2.24) is 25.5 Å². The van der Waals surface area contributed by atoms with Crippen LogP contribution in [0.3, 0.4) is 0 Å². The smallest absolute Gasteiger partial charge is 0.408 e. The zero-order valence-corrected chi connectivity index (χ0v) is 21.5. The average Bonchev–Trinajstić information content (AvgIpc) is 3.29. The molecule has 2 rings (SSSR count). The van der Waals surface area contributed by atoms with E-state index in [9.17, 15) is 9.59 Å². The van der Waals surface area contributed by atoms with Crippen LogP contribution in [0.5, 0.6) is 5.75 Å². The summed E-state index contributed by atoms with van der Waals surface area (Å²) < 4.78 is 12.8. The van der Waals surface area contributed by atoms with E-state index in [-0.39, 0.29) is 17.9 Å². The predicted molar refractivity (Wildman–Crippen MR) is 135 cm³/mol. The molecular weight excluding hydrogens is 448 g/mol. The SMILES string of the molecule is Cc1cccc(C)c1OCC(C)NC(=O)[C@H](CCCNC(=N)n1ccnc1)NC(=O)OC(C)(C)C. The molecule has 2 aromatic rings. The average molecular weight is 487 g/mol. The van der Waals surface area contributed by atoms with Crippen molar-refractivity contribution in [2.45, 2.75) is 72.1 Å². The van der Waals surface area contributed by atoms with Crippen molar-refractivity contribution in [1.29, 1.82) is 5.41 Å². The summed E-state index contributed by atoms with van der Waals surface area (Å²) in [6, 6.07) is 4.86. The van der Waals surface area contributed by atoms with Gasteiger partial charge in [0, 0.05) is 18.9 Å². The van der Waals surface area contributed by atoms with Gasteiger partial charge in [0.2, 0.25) is 11.9 Å². The minimum Gasteiger partial charge on any atom is -0.491 e. The van der Waals surface area contributed by atoms with Crippen LogP contribution in [0.2, 0.25) is 0 Å². The van der Waals surface area contributed by atoms with Crippen LogP contribution < -0.4 is 20.7 Å². The molecular formula is C25H38N6O4. The van der Waals surface area contributed by atoms with E-state index in [1.807, 2.05) is 39.0 Å². The maximum Gasteiger partial charge on any atom is 0.408 e. The summed E-state index contributed by atoms with van der Waals surface area (Å²) in [5.74, 6) is 0.669. The summed E-state index contributed by atoms with van der Waals surface area (Å²) in [7, 11) is 0. The van der Waals surface area contributed by atoms with Gasteiger partial charge in [-0.2, -0.15) is 0 Å². The fourth-order valence-corrected chi connectivity index (χ4v) is 3.33. The molecule has 192 valence electrons. The molecule has 0 saturated heterocycles. The van der Waals surface area contributed by atoms with Crippen LogP contribution in [-0.4, -0.2) is 58.3 Å². The van der Waals surface area contributed by atoms with Crippen LogP contribution in [0.1, 0.15) is 51.7 Å². The predicted octanol–water partition coefficient (Wildman–Crippen LogP) is 3.13. The van der Waals surface area contributed by atoms with E-state index >= 15 is 0 Å². The Morgan fingerprint density at radius 2 is 1.86 bits per heavy atom. The van der Waals surface area contributed by atoms with Crippen molar-refractivity contribution >= 4 is 18.0 Å². The number of aromatic nitrogens is 2. The highest BCUT2D eigenvalue weighted by atomic mass is 16.6. The molecule has 35 heavy (non-hydrogen) atoms. The number of imidazole rings is 1. The van der Waals surface area contributed by atoms with E-state index in [0.29, 0.717) is 26.0 Å². The van der Waals surface area contributed by atoms with Crippen molar-refractivity contribution < 1.29 is 19.1 Å². The van der Waals surface area contributed by atoms with Gasteiger partial charge in [-0.15, -0.1) is 0 Å². The lowest BCUT2D eigenvalue weighted by atomic mass is 10.1. The Morgan fingerprint density at radius 1 is 1.17 bits per heavy atom. The number of hydrogen-bond acceptors (Lipinski definition) is 6. The van der Waals surface area contributed by atoms with E-state index < -0.39 is 17.7 Å². The molecule has 0 bridgehead atoms. The van der Waals surface area contributed by atoms with Gasteiger partial charge in [-0.3, -0.25) is 14.8 Å². The maximum atomic E-state index is 13.0.